The van der Waals surface area contributed by atoms with Crippen molar-refractivity contribution in [3.05, 3.63) is 18.3 Å². The van der Waals surface area contributed by atoms with E-state index in [4.69, 9.17) is 5.84 Å². The molecule has 0 unspecified atom stereocenters. The number of rotatable bonds is 3. The average Bonchev–Trinajstić information content (AvgIpc) is 2.64. The number of anilines is 1. The monoisotopic (exact) mass is 285 g/mol. The summed E-state index contributed by atoms with van der Waals surface area (Å²) in [5.74, 6) is 5.33. The zero-order valence-corrected chi connectivity index (χ0v) is 11.0. The summed E-state index contributed by atoms with van der Waals surface area (Å²) in [5, 5.41) is 2.63. The molecular weight excluding hydrogens is 270 g/mol. The number of nitrogen functional groups attached to an aromatic ring is 1. The van der Waals surface area contributed by atoms with Gasteiger partial charge in [-0.05, 0) is 6.07 Å². The van der Waals surface area contributed by atoms with Gasteiger partial charge in [0.05, 0.1) is 4.90 Å². The topological polar surface area (TPSA) is 117 Å². The van der Waals surface area contributed by atoms with E-state index in [9.17, 15) is 13.2 Å². The molecule has 8 nitrogen and oxygen atoms in total. The largest absolute Gasteiger partial charge is 0.355 e. The van der Waals surface area contributed by atoms with Crippen LogP contribution in [0, 0.1) is 0 Å². The first-order valence-corrected chi connectivity index (χ1v) is 7.17. The molecule has 0 atom stereocenters. The third kappa shape index (κ3) is 3.00. The van der Waals surface area contributed by atoms with E-state index in [2.05, 4.69) is 15.7 Å². The van der Waals surface area contributed by atoms with Gasteiger partial charge in [0, 0.05) is 38.3 Å². The second-order valence-corrected chi connectivity index (χ2v) is 5.96. The molecule has 1 amide bonds. The molecule has 1 aromatic rings. The van der Waals surface area contributed by atoms with Gasteiger partial charge in [0.15, 0.2) is 0 Å². The molecular formula is C10H15N5O3S. The van der Waals surface area contributed by atoms with Gasteiger partial charge in [0.2, 0.25) is 15.9 Å². The van der Waals surface area contributed by atoms with Crippen LogP contribution in [0.15, 0.2) is 23.2 Å². The van der Waals surface area contributed by atoms with Crippen molar-refractivity contribution in [2.75, 3.05) is 25.1 Å². The lowest BCUT2D eigenvalue weighted by Gasteiger charge is -2.19. The van der Waals surface area contributed by atoms with E-state index >= 15 is 0 Å². The number of nitrogens with one attached hydrogen (secondary N) is 2. The van der Waals surface area contributed by atoms with Gasteiger partial charge in [-0.3, -0.25) is 4.79 Å². The Bertz CT molecular complexity index is 574. The summed E-state index contributed by atoms with van der Waals surface area (Å²) in [5.41, 5.74) is 2.30. The number of hydrazine groups is 1. The lowest BCUT2D eigenvalue weighted by molar-refractivity contribution is -0.120. The number of amides is 1. The predicted molar refractivity (Wildman–Crippen MR) is 68.4 cm³/mol. The SMILES string of the molecule is NNc1cc(S(=O)(=O)N2CCNC(=O)CC2)ccn1. The number of carbonyl (C=O) groups is 1. The number of sulfonamides is 1. The van der Waals surface area contributed by atoms with Gasteiger partial charge in [-0.1, -0.05) is 0 Å². The number of hydrogen-bond donors (Lipinski definition) is 3. The highest BCUT2D eigenvalue weighted by Crippen LogP contribution is 2.18. The number of carbonyl (C=O) groups excluding carboxylic acids is 1. The van der Waals surface area contributed by atoms with Crippen molar-refractivity contribution in [2.45, 2.75) is 11.3 Å². The predicted octanol–water partition coefficient (Wildman–Crippen LogP) is -1.12. The van der Waals surface area contributed by atoms with E-state index in [-0.39, 0.29) is 36.1 Å². The molecule has 1 saturated heterocycles. The minimum absolute atomic E-state index is 0.102. The standard InChI is InChI=1S/C10H15N5O3S/c11-14-9-7-8(1-3-12-9)19(17,18)15-5-2-10(16)13-4-6-15/h1,3,7H,2,4-6,11H2,(H,12,14)(H,13,16). The second kappa shape index (κ2) is 5.51. The van der Waals surface area contributed by atoms with Crippen molar-refractivity contribution < 1.29 is 13.2 Å². The molecule has 0 spiro atoms. The number of nitrogens with two attached hydrogens (primary N) is 1. The highest BCUT2D eigenvalue weighted by Gasteiger charge is 2.26. The molecule has 0 saturated carbocycles. The van der Waals surface area contributed by atoms with E-state index in [1.54, 1.807) is 0 Å². The summed E-state index contributed by atoms with van der Waals surface area (Å²) in [4.78, 5) is 15.2. The summed E-state index contributed by atoms with van der Waals surface area (Å²) >= 11 is 0. The third-order valence-electron chi connectivity index (χ3n) is 2.79. The van der Waals surface area contributed by atoms with Crippen LogP contribution < -0.4 is 16.6 Å². The first-order chi connectivity index (χ1) is 9.04. The highest BCUT2D eigenvalue weighted by molar-refractivity contribution is 7.89. The molecule has 1 aromatic heterocycles. The molecule has 0 aliphatic carbocycles. The zero-order valence-electron chi connectivity index (χ0n) is 10.2. The maximum absolute atomic E-state index is 12.4. The van der Waals surface area contributed by atoms with Gasteiger partial charge in [-0.25, -0.2) is 19.2 Å². The van der Waals surface area contributed by atoms with Crippen molar-refractivity contribution in [1.29, 1.82) is 0 Å². The molecule has 9 heteroatoms. The molecule has 0 aromatic carbocycles. The number of nitrogens with zero attached hydrogens (tertiary/aromatic N) is 2. The lowest BCUT2D eigenvalue weighted by Crippen LogP contribution is -2.34. The van der Waals surface area contributed by atoms with Crippen LogP contribution in [0.5, 0.6) is 0 Å². The smallest absolute Gasteiger partial charge is 0.243 e. The number of hydrogen-bond acceptors (Lipinski definition) is 6. The van der Waals surface area contributed by atoms with Gasteiger partial charge in [-0.2, -0.15) is 4.31 Å². The van der Waals surface area contributed by atoms with E-state index < -0.39 is 10.0 Å². The Labute approximate surface area is 111 Å². The normalized spacial score (nSPS) is 17.6. The number of pyridine rings is 1. The molecule has 0 radical (unpaired) electrons. The molecule has 104 valence electrons. The second-order valence-electron chi connectivity index (χ2n) is 4.03. The summed E-state index contributed by atoms with van der Waals surface area (Å²) in [7, 11) is -3.64. The van der Waals surface area contributed by atoms with Crippen LogP contribution in [0.3, 0.4) is 0 Å². The maximum atomic E-state index is 12.4. The molecule has 19 heavy (non-hydrogen) atoms. The van der Waals surface area contributed by atoms with E-state index in [1.165, 1.54) is 22.6 Å². The van der Waals surface area contributed by atoms with E-state index in [0.717, 1.165) is 0 Å². The van der Waals surface area contributed by atoms with Crippen molar-refractivity contribution in [1.82, 2.24) is 14.6 Å². The first kappa shape index (κ1) is 13.7. The van der Waals surface area contributed by atoms with Gasteiger partial charge < -0.3 is 10.7 Å². The van der Waals surface area contributed by atoms with Crippen LogP contribution in [0.2, 0.25) is 0 Å². The van der Waals surface area contributed by atoms with Crippen molar-refractivity contribution in [2.24, 2.45) is 5.84 Å². The van der Waals surface area contributed by atoms with Crippen LogP contribution in [0.1, 0.15) is 6.42 Å². The van der Waals surface area contributed by atoms with E-state index in [0.29, 0.717) is 6.54 Å². The van der Waals surface area contributed by atoms with Gasteiger partial charge in [0.1, 0.15) is 5.82 Å². The Morgan fingerprint density at radius 1 is 1.42 bits per heavy atom. The Balaban J connectivity index is 2.27. The minimum Gasteiger partial charge on any atom is -0.355 e. The van der Waals surface area contributed by atoms with Crippen LogP contribution in [0.25, 0.3) is 0 Å². The molecule has 1 aliphatic heterocycles. The summed E-state index contributed by atoms with van der Waals surface area (Å²) in [6, 6.07) is 2.76. The van der Waals surface area contributed by atoms with Crippen molar-refractivity contribution in [3.63, 3.8) is 0 Å². The van der Waals surface area contributed by atoms with Crippen LogP contribution >= 0.6 is 0 Å². The molecule has 4 N–H and O–H groups in total. The Morgan fingerprint density at radius 3 is 2.95 bits per heavy atom. The van der Waals surface area contributed by atoms with Crippen molar-refractivity contribution in [3.8, 4) is 0 Å². The highest BCUT2D eigenvalue weighted by atomic mass is 32.2. The molecule has 2 rings (SSSR count). The minimum atomic E-state index is -3.64. The van der Waals surface area contributed by atoms with Gasteiger partial charge in [-0.15, -0.1) is 0 Å². The van der Waals surface area contributed by atoms with Crippen LogP contribution in [-0.2, 0) is 14.8 Å². The average molecular weight is 285 g/mol. The molecule has 1 aliphatic rings. The van der Waals surface area contributed by atoms with Crippen LogP contribution in [-0.4, -0.2) is 43.2 Å². The maximum Gasteiger partial charge on any atom is 0.243 e. The van der Waals surface area contributed by atoms with Crippen molar-refractivity contribution >= 4 is 21.7 Å². The summed E-state index contributed by atoms with van der Waals surface area (Å²) in [6.07, 6.45) is 1.52. The third-order valence-corrected chi connectivity index (χ3v) is 4.68. The Hall–Kier alpha value is -1.71. The van der Waals surface area contributed by atoms with Gasteiger partial charge in [0.25, 0.3) is 0 Å². The fraction of sp³-hybridized carbons (Fsp3) is 0.400. The molecule has 0 bridgehead atoms. The van der Waals surface area contributed by atoms with Crippen LogP contribution in [0.4, 0.5) is 5.82 Å². The fourth-order valence-corrected chi connectivity index (χ4v) is 3.24. The lowest BCUT2D eigenvalue weighted by atomic mass is 10.4. The number of aromatic nitrogens is 1. The Kier molecular flexibility index (Phi) is 3.98. The quantitative estimate of drug-likeness (QED) is 0.478. The molecule has 1 fully saturated rings. The zero-order chi connectivity index (χ0) is 13.9. The first-order valence-electron chi connectivity index (χ1n) is 5.73. The fourth-order valence-electron chi connectivity index (χ4n) is 1.79. The molecule has 2 heterocycles. The van der Waals surface area contributed by atoms with Gasteiger partial charge >= 0.3 is 0 Å². The Morgan fingerprint density at radius 2 is 2.21 bits per heavy atom. The summed E-state index contributed by atoms with van der Waals surface area (Å²) < 4.78 is 26.1. The van der Waals surface area contributed by atoms with E-state index in [1.807, 2.05) is 0 Å². The summed E-state index contributed by atoms with van der Waals surface area (Å²) in [6.45, 7) is 0.731.